The Morgan fingerprint density at radius 1 is 1.24 bits per heavy atom. The molecule has 1 aromatic carbocycles. The van der Waals surface area contributed by atoms with Gasteiger partial charge in [-0.3, -0.25) is 14.6 Å². The molecule has 0 saturated heterocycles. The molecule has 0 atom stereocenters. The van der Waals surface area contributed by atoms with Gasteiger partial charge in [0.15, 0.2) is 0 Å². The summed E-state index contributed by atoms with van der Waals surface area (Å²) < 4.78 is 0. The van der Waals surface area contributed by atoms with Gasteiger partial charge in [-0.1, -0.05) is 18.2 Å². The van der Waals surface area contributed by atoms with E-state index in [-0.39, 0.29) is 10.9 Å². The topological polar surface area (TPSA) is 102 Å². The minimum absolute atomic E-state index is 0.198. The van der Waals surface area contributed by atoms with E-state index in [4.69, 9.17) is 5.73 Å². The van der Waals surface area contributed by atoms with Crippen LogP contribution in [0.15, 0.2) is 47.5 Å². The number of benzene rings is 1. The van der Waals surface area contributed by atoms with Crippen LogP contribution in [0.3, 0.4) is 0 Å². The summed E-state index contributed by atoms with van der Waals surface area (Å²) in [4.78, 5) is 27.5. The van der Waals surface area contributed by atoms with Gasteiger partial charge < -0.3 is 5.73 Å². The van der Waals surface area contributed by atoms with Crippen molar-refractivity contribution in [2.24, 2.45) is 5.73 Å². The number of primary amides is 1. The van der Waals surface area contributed by atoms with Crippen LogP contribution in [0.4, 0.5) is 0 Å². The number of nitrogens with one attached hydrogen (secondary N) is 1. The minimum atomic E-state index is -0.635. The van der Waals surface area contributed by atoms with Gasteiger partial charge in [0.05, 0.1) is 16.6 Å². The van der Waals surface area contributed by atoms with E-state index in [9.17, 15) is 9.59 Å². The molecular weight excluding hydrogens is 268 g/mol. The first kappa shape index (κ1) is 13.0. The fourth-order valence-electron chi connectivity index (χ4n) is 2.31. The highest BCUT2D eigenvalue weighted by molar-refractivity contribution is 6.06. The number of fused-ring (bicyclic) bond motifs is 1. The number of hydrogen-bond donors (Lipinski definition) is 2. The van der Waals surface area contributed by atoms with Gasteiger partial charge in [-0.05, 0) is 17.7 Å². The maximum atomic E-state index is 12.0. The largest absolute Gasteiger partial charge is 0.366 e. The third-order valence-corrected chi connectivity index (χ3v) is 3.25. The van der Waals surface area contributed by atoms with Gasteiger partial charge >= 0.3 is 0 Å². The van der Waals surface area contributed by atoms with E-state index >= 15 is 0 Å². The molecule has 0 radical (unpaired) electrons. The summed E-state index contributed by atoms with van der Waals surface area (Å²) in [6, 6.07) is 8.74. The molecule has 0 bridgehead atoms. The Balaban J connectivity index is 2.22. The average Bonchev–Trinajstić information content (AvgIpc) is 2.50. The van der Waals surface area contributed by atoms with Gasteiger partial charge in [0.25, 0.3) is 5.56 Å². The Hall–Kier alpha value is -3.02. The van der Waals surface area contributed by atoms with Crippen LogP contribution in [-0.2, 0) is 6.42 Å². The lowest BCUT2D eigenvalue weighted by Gasteiger charge is -2.07. The summed E-state index contributed by atoms with van der Waals surface area (Å²) in [7, 11) is 0. The summed E-state index contributed by atoms with van der Waals surface area (Å²) in [6.07, 6.45) is 3.92. The molecule has 3 aromatic rings. The van der Waals surface area contributed by atoms with Crippen molar-refractivity contribution in [1.29, 1.82) is 0 Å². The van der Waals surface area contributed by atoms with E-state index in [2.05, 4.69) is 15.2 Å². The second-order valence-corrected chi connectivity index (χ2v) is 4.63. The smallest absolute Gasteiger partial charge is 0.272 e. The van der Waals surface area contributed by atoms with Crippen molar-refractivity contribution >= 4 is 16.7 Å². The highest BCUT2D eigenvalue weighted by Gasteiger charge is 2.13. The number of nitrogens with two attached hydrogens (primary N) is 1. The third-order valence-electron chi connectivity index (χ3n) is 3.25. The number of rotatable bonds is 3. The predicted molar refractivity (Wildman–Crippen MR) is 77.9 cm³/mol. The summed E-state index contributed by atoms with van der Waals surface area (Å²) in [6.45, 7) is 0. The number of aromatic amines is 1. The van der Waals surface area contributed by atoms with Gasteiger partial charge in [-0.2, -0.15) is 5.10 Å². The number of H-pyrrole nitrogens is 1. The van der Waals surface area contributed by atoms with Crippen molar-refractivity contribution in [3.05, 3.63) is 69.9 Å². The number of pyridine rings is 1. The van der Waals surface area contributed by atoms with Crippen LogP contribution in [0.5, 0.6) is 0 Å². The Bertz CT molecular complexity index is 872. The maximum Gasteiger partial charge on any atom is 0.272 e. The van der Waals surface area contributed by atoms with Crippen LogP contribution in [0.2, 0.25) is 0 Å². The normalized spacial score (nSPS) is 10.7. The van der Waals surface area contributed by atoms with E-state index in [1.165, 1.54) is 6.07 Å². The molecule has 0 unspecified atom stereocenters. The van der Waals surface area contributed by atoms with Crippen molar-refractivity contribution in [3.8, 4) is 0 Å². The molecule has 3 rings (SSSR count). The first-order valence-corrected chi connectivity index (χ1v) is 6.36. The van der Waals surface area contributed by atoms with Gasteiger partial charge in [0, 0.05) is 24.2 Å². The maximum absolute atomic E-state index is 12.0. The molecule has 2 aromatic heterocycles. The summed E-state index contributed by atoms with van der Waals surface area (Å²) >= 11 is 0. The molecular formula is C15H12N4O2. The zero-order valence-corrected chi connectivity index (χ0v) is 11.0. The van der Waals surface area contributed by atoms with E-state index in [1.54, 1.807) is 24.5 Å². The Morgan fingerprint density at radius 2 is 2.10 bits per heavy atom. The molecule has 21 heavy (non-hydrogen) atoms. The monoisotopic (exact) mass is 280 g/mol. The molecule has 1 amide bonds. The molecule has 0 fully saturated rings. The SMILES string of the molecule is NC(=O)c1cccc2c(Cc3cccnc3)n[nH]c(=O)c12. The van der Waals surface area contributed by atoms with Crippen molar-refractivity contribution in [1.82, 2.24) is 15.2 Å². The Labute approximate surface area is 119 Å². The number of carbonyl (C=O) groups is 1. The van der Waals surface area contributed by atoms with Crippen LogP contribution >= 0.6 is 0 Å². The van der Waals surface area contributed by atoms with Crippen molar-refractivity contribution in [3.63, 3.8) is 0 Å². The lowest BCUT2D eigenvalue weighted by Crippen LogP contribution is -2.18. The van der Waals surface area contributed by atoms with Gasteiger partial charge in [0.2, 0.25) is 5.91 Å². The quantitative estimate of drug-likeness (QED) is 0.747. The summed E-state index contributed by atoms with van der Waals surface area (Å²) in [5, 5.41) is 7.41. The van der Waals surface area contributed by atoms with Crippen molar-refractivity contribution < 1.29 is 4.79 Å². The number of hydrogen-bond acceptors (Lipinski definition) is 4. The molecule has 6 heteroatoms. The van der Waals surface area contributed by atoms with E-state index in [0.717, 1.165) is 5.56 Å². The Morgan fingerprint density at radius 3 is 2.81 bits per heavy atom. The van der Waals surface area contributed by atoms with E-state index in [0.29, 0.717) is 17.5 Å². The molecule has 0 aliphatic carbocycles. The van der Waals surface area contributed by atoms with E-state index < -0.39 is 11.5 Å². The number of nitrogens with zero attached hydrogens (tertiary/aromatic N) is 2. The average molecular weight is 280 g/mol. The summed E-state index contributed by atoms with van der Waals surface area (Å²) in [5.74, 6) is -0.635. The first-order chi connectivity index (χ1) is 10.2. The molecule has 104 valence electrons. The van der Waals surface area contributed by atoms with Crippen LogP contribution < -0.4 is 11.3 Å². The molecule has 3 N–H and O–H groups in total. The van der Waals surface area contributed by atoms with Crippen LogP contribution in [0.1, 0.15) is 21.6 Å². The standard InChI is InChI=1S/C15H12N4O2/c16-14(20)11-5-1-4-10-12(18-19-15(21)13(10)11)7-9-3-2-6-17-8-9/h1-6,8H,7H2,(H2,16,20)(H,19,21). The number of amides is 1. The minimum Gasteiger partial charge on any atom is -0.366 e. The predicted octanol–water partition coefficient (Wildman–Crippen LogP) is 1.01. The fourth-order valence-corrected chi connectivity index (χ4v) is 2.31. The molecule has 0 aliphatic heterocycles. The second-order valence-electron chi connectivity index (χ2n) is 4.63. The highest BCUT2D eigenvalue weighted by Crippen LogP contribution is 2.19. The number of aromatic nitrogens is 3. The lowest BCUT2D eigenvalue weighted by atomic mass is 10.0. The summed E-state index contributed by atoms with van der Waals surface area (Å²) in [5.41, 5.74) is 6.73. The fraction of sp³-hybridized carbons (Fsp3) is 0.0667. The first-order valence-electron chi connectivity index (χ1n) is 6.36. The van der Waals surface area contributed by atoms with Gasteiger partial charge in [0.1, 0.15) is 0 Å². The van der Waals surface area contributed by atoms with Gasteiger partial charge in [-0.15, -0.1) is 0 Å². The van der Waals surface area contributed by atoms with E-state index in [1.807, 2.05) is 12.1 Å². The zero-order valence-electron chi connectivity index (χ0n) is 11.0. The lowest BCUT2D eigenvalue weighted by molar-refractivity contribution is 0.100. The second kappa shape index (κ2) is 5.16. The molecule has 0 saturated carbocycles. The third kappa shape index (κ3) is 2.38. The highest BCUT2D eigenvalue weighted by atomic mass is 16.1. The van der Waals surface area contributed by atoms with Gasteiger partial charge in [-0.25, -0.2) is 5.10 Å². The molecule has 6 nitrogen and oxygen atoms in total. The molecule has 2 heterocycles. The van der Waals surface area contributed by atoms with Crippen molar-refractivity contribution in [2.75, 3.05) is 0 Å². The van der Waals surface area contributed by atoms with Crippen LogP contribution in [-0.4, -0.2) is 21.1 Å². The zero-order chi connectivity index (χ0) is 14.8. The van der Waals surface area contributed by atoms with Crippen molar-refractivity contribution in [2.45, 2.75) is 6.42 Å². The molecule has 0 aliphatic rings. The number of carbonyl (C=O) groups excluding carboxylic acids is 1. The molecule has 0 spiro atoms. The van der Waals surface area contributed by atoms with Crippen LogP contribution in [0, 0.1) is 0 Å². The Kier molecular flexibility index (Phi) is 3.19. The van der Waals surface area contributed by atoms with Crippen LogP contribution in [0.25, 0.3) is 10.8 Å².